The maximum atomic E-state index is 12.4. The molecule has 8 nitrogen and oxygen atoms in total. The van der Waals surface area contributed by atoms with Gasteiger partial charge in [0.25, 0.3) is 15.9 Å². The number of fused-ring (bicyclic) bond motifs is 1. The predicted octanol–water partition coefficient (Wildman–Crippen LogP) is 1.85. The Morgan fingerprint density at radius 1 is 1.11 bits per heavy atom. The lowest BCUT2D eigenvalue weighted by atomic mass is 10.1. The van der Waals surface area contributed by atoms with Gasteiger partial charge in [0.15, 0.2) is 17.6 Å². The maximum Gasteiger partial charge on any atom is 0.275 e. The Balaban J connectivity index is 1.63. The number of hydrogen-bond acceptors (Lipinski definition) is 6. The average molecular weight is 406 g/mol. The number of carbonyl (C=O) groups is 1. The van der Waals surface area contributed by atoms with Crippen molar-refractivity contribution in [1.29, 1.82) is 0 Å². The van der Waals surface area contributed by atoms with E-state index in [2.05, 4.69) is 10.3 Å². The second-order valence-electron chi connectivity index (χ2n) is 6.36. The number of hydrazine groups is 1. The fourth-order valence-corrected chi connectivity index (χ4v) is 3.43. The first-order chi connectivity index (χ1) is 13.3. The third kappa shape index (κ3) is 4.37. The fraction of sp³-hybridized carbons (Fsp3) is 0.316. The molecule has 1 aliphatic heterocycles. The smallest absolute Gasteiger partial charge is 0.275 e. The summed E-state index contributed by atoms with van der Waals surface area (Å²) in [6, 6.07) is 9.75. The SMILES string of the molecule is Cc1cccc(O[C@H](C)C(=O)NNS(=O)(=O)c2ccc3c(c2)OCCO3)c1C. The highest BCUT2D eigenvalue weighted by atomic mass is 32.2. The number of amides is 1. The van der Waals surface area contributed by atoms with Gasteiger partial charge < -0.3 is 14.2 Å². The minimum Gasteiger partial charge on any atom is -0.486 e. The quantitative estimate of drug-likeness (QED) is 0.710. The number of sulfonamides is 1. The Kier molecular flexibility index (Phi) is 5.76. The molecule has 3 rings (SSSR count). The summed E-state index contributed by atoms with van der Waals surface area (Å²) in [5.74, 6) is 0.760. The molecule has 0 fully saturated rings. The van der Waals surface area contributed by atoms with E-state index >= 15 is 0 Å². The van der Waals surface area contributed by atoms with Crippen LogP contribution in [0.5, 0.6) is 17.2 Å². The molecule has 0 saturated heterocycles. The lowest BCUT2D eigenvalue weighted by Gasteiger charge is -2.19. The molecule has 0 unspecified atom stereocenters. The molecule has 0 bridgehead atoms. The van der Waals surface area contributed by atoms with E-state index < -0.39 is 22.0 Å². The van der Waals surface area contributed by atoms with Gasteiger partial charge in [-0.15, -0.1) is 4.83 Å². The molecule has 0 radical (unpaired) electrons. The summed E-state index contributed by atoms with van der Waals surface area (Å²) in [5, 5.41) is 0. The molecular weight excluding hydrogens is 384 g/mol. The normalized spacial score (nSPS) is 14.2. The van der Waals surface area contributed by atoms with Crippen molar-refractivity contribution in [2.24, 2.45) is 0 Å². The third-order valence-corrected chi connectivity index (χ3v) is 5.61. The first kappa shape index (κ1) is 20.0. The Labute approximate surface area is 163 Å². The summed E-state index contributed by atoms with van der Waals surface area (Å²) < 4.78 is 41.3. The maximum absolute atomic E-state index is 12.4. The van der Waals surface area contributed by atoms with Crippen molar-refractivity contribution in [1.82, 2.24) is 10.3 Å². The highest BCUT2D eigenvalue weighted by molar-refractivity contribution is 7.89. The molecule has 2 aromatic carbocycles. The van der Waals surface area contributed by atoms with E-state index in [4.69, 9.17) is 14.2 Å². The Bertz CT molecular complexity index is 990. The van der Waals surface area contributed by atoms with Crippen LogP contribution in [0.3, 0.4) is 0 Å². The zero-order valence-corrected chi connectivity index (χ0v) is 16.6. The van der Waals surface area contributed by atoms with Gasteiger partial charge in [-0.05, 0) is 50.1 Å². The van der Waals surface area contributed by atoms with E-state index in [0.717, 1.165) is 11.1 Å². The molecule has 28 heavy (non-hydrogen) atoms. The lowest BCUT2D eigenvalue weighted by molar-refractivity contribution is -0.127. The van der Waals surface area contributed by atoms with Crippen LogP contribution in [-0.4, -0.2) is 33.6 Å². The predicted molar refractivity (Wildman–Crippen MR) is 102 cm³/mol. The lowest BCUT2D eigenvalue weighted by Crippen LogP contribution is -2.47. The van der Waals surface area contributed by atoms with Crippen molar-refractivity contribution in [2.45, 2.75) is 31.8 Å². The number of rotatable bonds is 6. The summed E-state index contributed by atoms with van der Waals surface area (Å²) in [5.41, 5.74) is 4.13. The average Bonchev–Trinajstić information content (AvgIpc) is 2.69. The molecule has 1 amide bonds. The molecule has 1 heterocycles. The summed E-state index contributed by atoms with van der Waals surface area (Å²) in [4.78, 5) is 14.3. The summed E-state index contributed by atoms with van der Waals surface area (Å²) >= 11 is 0. The van der Waals surface area contributed by atoms with Crippen molar-refractivity contribution in [3.63, 3.8) is 0 Å². The van der Waals surface area contributed by atoms with Crippen LogP contribution in [-0.2, 0) is 14.8 Å². The van der Waals surface area contributed by atoms with Gasteiger partial charge in [0.1, 0.15) is 19.0 Å². The van der Waals surface area contributed by atoms with E-state index in [1.165, 1.54) is 25.1 Å². The molecular formula is C19H22N2O6S. The fourth-order valence-electron chi connectivity index (χ4n) is 2.56. The van der Waals surface area contributed by atoms with Gasteiger partial charge in [0, 0.05) is 6.07 Å². The van der Waals surface area contributed by atoms with Gasteiger partial charge in [-0.3, -0.25) is 10.2 Å². The molecule has 0 aliphatic carbocycles. The Morgan fingerprint density at radius 3 is 2.57 bits per heavy atom. The van der Waals surface area contributed by atoms with Crippen molar-refractivity contribution in [3.8, 4) is 17.2 Å². The largest absolute Gasteiger partial charge is 0.486 e. The first-order valence-corrected chi connectivity index (χ1v) is 10.2. The van der Waals surface area contributed by atoms with E-state index in [1.54, 1.807) is 6.07 Å². The first-order valence-electron chi connectivity index (χ1n) is 8.72. The van der Waals surface area contributed by atoms with Crippen LogP contribution in [0.15, 0.2) is 41.3 Å². The number of aryl methyl sites for hydroxylation is 1. The van der Waals surface area contributed by atoms with E-state index in [1.807, 2.05) is 26.0 Å². The van der Waals surface area contributed by atoms with E-state index in [9.17, 15) is 13.2 Å². The Morgan fingerprint density at radius 2 is 1.82 bits per heavy atom. The van der Waals surface area contributed by atoms with Gasteiger partial charge in [-0.2, -0.15) is 0 Å². The van der Waals surface area contributed by atoms with Crippen LogP contribution in [0.1, 0.15) is 18.1 Å². The number of nitrogens with one attached hydrogen (secondary N) is 2. The number of benzene rings is 2. The van der Waals surface area contributed by atoms with Crippen LogP contribution in [0.4, 0.5) is 0 Å². The van der Waals surface area contributed by atoms with E-state index in [0.29, 0.717) is 30.5 Å². The highest BCUT2D eigenvalue weighted by Crippen LogP contribution is 2.32. The second kappa shape index (κ2) is 8.07. The van der Waals surface area contributed by atoms with Gasteiger partial charge in [-0.1, -0.05) is 12.1 Å². The standard InChI is InChI=1S/C19H22N2O6S/c1-12-5-4-6-16(13(12)2)27-14(3)19(22)20-21-28(23,24)15-7-8-17-18(11-15)26-10-9-25-17/h4-8,11,14,21H,9-10H2,1-3H3,(H,20,22)/t14-/m1/s1. The van der Waals surface area contributed by atoms with Crippen molar-refractivity contribution in [3.05, 3.63) is 47.5 Å². The van der Waals surface area contributed by atoms with Crippen LogP contribution < -0.4 is 24.5 Å². The van der Waals surface area contributed by atoms with Crippen molar-refractivity contribution < 1.29 is 27.4 Å². The Hall–Kier alpha value is -2.78. The number of hydrogen-bond donors (Lipinski definition) is 2. The van der Waals surface area contributed by atoms with Crippen molar-refractivity contribution >= 4 is 15.9 Å². The zero-order valence-electron chi connectivity index (χ0n) is 15.8. The summed E-state index contributed by atoms with van der Waals surface area (Å²) in [7, 11) is -3.98. The minimum absolute atomic E-state index is 0.0554. The molecule has 0 aromatic heterocycles. The van der Waals surface area contributed by atoms with Gasteiger partial charge in [-0.25, -0.2) is 8.42 Å². The zero-order chi connectivity index (χ0) is 20.3. The van der Waals surface area contributed by atoms with Gasteiger partial charge in [0.05, 0.1) is 4.90 Å². The molecule has 0 spiro atoms. The highest BCUT2D eigenvalue weighted by Gasteiger charge is 2.22. The third-order valence-electron chi connectivity index (χ3n) is 4.36. The monoisotopic (exact) mass is 406 g/mol. The topological polar surface area (TPSA) is 103 Å². The van der Waals surface area contributed by atoms with E-state index in [-0.39, 0.29) is 4.90 Å². The molecule has 1 atom stereocenters. The van der Waals surface area contributed by atoms with Crippen LogP contribution in [0.25, 0.3) is 0 Å². The number of ether oxygens (including phenoxy) is 3. The van der Waals surface area contributed by atoms with Crippen LogP contribution in [0, 0.1) is 13.8 Å². The molecule has 0 saturated carbocycles. The summed E-state index contributed by atoms with van der Waals surface area (Å²) in [6.07, 6.45) is -0.900. The van der Waals surface area contributed by atoms with Crippen molar-refractivity contribution in [2.75, 3.05) is 13.2 Å². The van der Waals surface area contributed by atoms with Crippen LogP contribution in [0.2, 0.25) is 0 Å². The second-order valence-corrected chi connectivity index (χ2v) is 8.04. The minimum atomic E-state index is -3.98. The molecule has 2 N–H and O–H groups in total. The molecule has 2 aromatic rings. The number of carbonyl (C=O) groups excluding carboxylic acids is 1. The molecule has 1 aliphatic rings. The van der Waals surface area contributed by atoms with Crippen LogP contribution >= 0.6 is 0 Å². The van der Waals surface area contributed by atoms with Gasteiger partial charge >= 0.3 is 0 Å². The molecule has 9 heteroatoms. The molecule has 150 valence electrons. The van der Waals surface area contributed by atoms with Gasteiger partial charge in [0.2, 0.25) is 0 Å². The summed E-state index contributed by atoms with van der Waals surface area (Å²) in [6.45, 7) is 6.11.